The number of fused-ring (bicyclic) bond motifs is 2. The van der Waals surface area contributed by atoms with Crippen molar-refractivity contribution < 1.29 is 4.79 Å². The molecule has 3 N–H and O–H groups in total. The van der Waals surface area contributed by atoms with Gasteiger partial charge in [0.25, 0.3) is 5.91 Å². The topological polar surface area (TPSA) is 75.4 Å². The average Bonchev–Trinajstić information content (AvgIpc) is 3.25. The molecule has 0 fully saturated rings. The van der Waals surface area contributed by atoms with Crippen LogP contribution < -0.4 is 16.5 Å². The van der Waals surface area contributed by atoms with Crippen LogP contribution in [0.25, 0.3) is 31.0 Å². The molecule has 4 rings (SSSR count). The molecule has 0 saturated carbocycles. The van der Waals surface area contributed by atoms with E-state index in [9.17, 15) is 9.59 Å². The van der Waals surface area contributed by atoms with Crippen LogP contribution in [0.5, 0.6) is 0 Å². The van der Waals surface area contributed by atoms with Crippen molar-refractivity contribution >= 4 is 51.3 Å². The molecule has 0 aliphatic heterocycles. The van der Waals surface area contributed by atoms with Crippen LogP contribution in [0.1, 0.15) is 48.9 Å². The second-order valence-electron chi connectivity index (χ2n) is 8.65. The molecular formula is C28H34N3O2PS. The number of carbonyl (C=O) groups excluding carboxylic acids is 1. The van der Waals surface area contributed by atoms with Gasteiger partial charge in [0.05, 0.1) is 10.7 Å². The van der Waals surface area contributed by atoms with Gasteiger partial charge in [-0.25, -0.2) is 0 Å². The van der Waals surface area contributed by atoms with Crippen LogP contribution in [-0.4, -0.2) is 37.0 Å². The number of primary amides is 1. The zero-order valence-corrected chi connectivity index (χ0v) is 22.8. The second-order valence-corrected chi connectivity index (χ2v) is 11.0. The number of nitrogens with two attached hydrogens (primary N) is 1. The van der Waals surface area contributed by atoms with E-state index in [-0.39, 0.29) is 19.5 Å². The number of hydrogen-bond donors (Lipinski definition) is 2. The number of amides is 1. The molecule has 0 radical (unpaired) electrons. The van der Waals surface area contributed by atoms with Gasteiger partial charge in [-0.3, -0.25) is 9.59 Å². The van der Waals surface area contributed by atoms with Crippen molar-refractivity contribution in [1.29, 1.82) is 0 Å². The van der Waals surface area contributed by atoms with E-state index in [2.05, 4.69) is 44.0 Å². The highest BCUT2D eigenvalue weighted by molar-refractivity contribution is 7.37. The Balaban J connectivity index is 1.96. The number of nitrogens with zero attached hydrogens (tertiary/aromatic N) is 1. The summed E-state index contributed by atoms with van der Waals surface area (Å²) in [6.45, 7) is 12.2. The molecule has 2 aromatic heterocycles. The van der Waals surface area contributed by atoms with Gasteiger partial charge in [0.1, 0.15) is 0 Å². The van der Waals surface area contributed by atoms with Gasteiger partial charge in [0.15, 0.2) is 5.43 Å². The fourth-order valence-electron chi connectivity index (χ4n) is 4.93. The lowest BCUT2D eigenvalue weighted by atomic mass is 9.99. The quantitative estimate of drug-likeness (QED) is 0.255. The molecule has 1 unspecified atom stereocenters. The summed E-state index contributed by atoms with van der Waals surface area (Å²) < 4.78 is 1.96. The van der Waals surface area contributed by atoms with E-state index in [4.69, 9.17) is 5.73 Å². The fraction of sp³-hybridized carbons (Fsp3) is 0.357. The number of anilines is 1. The van der Waals surface area contributed by atoms with Gasteiger partial charge in [0.2, 0.25) is 0 Å². The summed E-state index contributed by atoms with van der Waals surface area (Å²) in [4.78, 5) is 28.4. The molecule has 0 spiro atoms. The predicted octanol–water partition coefficient (Wildman–Crippen LogP) is 6.09. The van der Waals surface area contributed by atoms with Crippen molar-refractivity contribution in [1.82, 2.24) is 4.90 Å². The maximum absolute atomic E-state index is 13.8. The monoisotopic (exact) mass is 507 g/mol. The Hall–Kier alpha value is -2.66. The van der Waals surface area contributed by atoms with E-state index in [0.717, 1.165) is 86.6 Å². The van der Waals surface area contributed by atoms with E-state index in [1.54, 1.807) is 11.3 Å². The Morgan fingerprint density at radius 2 is 1.74 bits per heavy atom. The largest absolute Gasteiger partial charge is 0.383 e. The minimum atomic E-state index is -0.334. The summed E-state index contributed by atoms with van der Waals surface area (Å²) >= 11 is 1.66. The molecule has 1 amide bonds. The Morgan fingerprint density at radius 3 is 2.40 bits per heavy atom. The summed E-state index contributed by atoms with van der Waals surface area (Å²) in [6.07, 6.45) is 1.61. The molecule has 0 saturated heterocycles. The van der Waals surface area contributed by atoms with E-state index in [0.29, 0.717) is 0 Å². The Kier molecular flexibility index (Phi) is 7.95. The van der Waals surface area contributed by atoms with Crippen LogP contribution in [-0.2, 0) is 12.8 Å². The number of hydrogen-bond acceptors (Lipinski definition) is 5. The van der Waals surface area contributed by atoms with E-state index in [1.165, 1.54) is 5.56 Å². The van der Waals surface area contributed by atoms with E-state index >= 15 is 0 Å². The Bertz CT molecular complexity index is 1440. The molecule has 35 heavy (non-hydrogen) atoms. The Labute approximate surface area is 212 Å². The number of likely N-dealkylation sites (N-methyl/N-ethyl adjacent to an activating group) is 1. The summed E-state index contributed by atoms with van der Waals surface area (Å²) in [6, 6.07) is 12.0. The summed E-state index contributed by atoms with van der Waals surface area (Å²) in [5.74, 6) is -0.334. The summed E-state index contributed by atoms with van der Waals surface area (Å²) in [5.41, 5.74) is 10.1. The minimum absolute atomic E-state index is 0.0558. The third-order valence-electron chi connectivity index (χ3n) is 6.81. The zero-order chi connectivity index (χ0) is 25.1. The third kappa shape index (κ3) is 4.75. The van der Waals surface area contributed by atoms with Gasteiger partial charge in [-0.2, -0.15) is 0 Å². The van der Waals surface area contributed by atoms with Gasteiger partial charge in [-0.05, 0) is 55.3 Å². The number of benzene rings is 2. The summed E-state index contributed by atoms with van der Waals surface area (Å²) in [7, 11) is 0.216. The molecule has 1 atom stereocenters. The lowest BCUT2D eigenvalue weighted by Crippen LogP contribution is -2.28. The second kappa shape index (κ2) is 10.9. The van der Waals surface area contributed by atoms with Crippen molar-refractivity contribution in [2.24, 2.45) is 5.73 Å². The molecule has 0 bridgehead atoms. The highest BCUT2D eigenvalue weighted by Gasteiger charge is 2.22. The van der Waals surface area contributed by atoms with Crippen molar-refractivity contribution in [3.8, 4) is 10.9 Å². The van der Waals surface area contributed by atoms with Crippen LogP contribution in [0, 0.1) is 0 Å². The first-order chi connectivity index (χ1) is 16.9. The molecule has 184 valence electrons. The zero-order valence-electron chi connectivity index (χ0n) is 21.0. The Morgan fingerprint density at radius 1 is 1.03 bits per heavy atom. The maximum Gasteiger partial charge on any atom is 0.252 e. The van der Waals surface area contributed by atoms with Crippen LogP contribution in [0.4, 0.5) is 5.69 Å². The normalized spacial score (nSPS) is 11.8. The number of nitrogens with one attached hydrogen (secondary N) is 1. The molecule has 0 aliphatic carbocycles. The van der Waals surface area contributed by atoms with E-state index in [1.807, 2.05) is 30.3 Å². The standard InChI is InChI=1S/C28H34N3O2PS/c1-5-17-18(6-2)26(28(29)33)34-25(17)20-13-14-21(30-15-16-31(7-3)8-4)23-24(32)19-11-9-10-12-22(19)35-27(20)23/h9-14,30,34H,5-8,15-16H2,1-4H3,(H2,29,33). The fourth-order valence-corrected chi connectivity index (χ4v) is 7.92. The molecule has 7 heteroatoms. The van der Waals surface area contributed by atoms with Gasteiger partial charge in [-0.15, -0.1) is 19.5 Å². The van der Waals surface area contributed by atoms with Gasteiger partial charge in [0, 0.05) is 44.4 Å². The number of carbonyl (C=O) groups is 1. The molecule has 2 heterocycles. The lowest BCUT2D eigenvalue weighted by molar-refractivity contribution is 0.100. The molecule has 5 nitrogen and oxygen atoms in total. The van der Waals surface area contributed by atoms with Crippen molar-refractivity contribution in [3.63, 3.8) is 0 Å². The maximum atomic E-state index is 13.8. The smallest absolute Gasteiger partial charge is 0.252 e. The highest BCUT2D eigenvalue weighted by Crippen LogP contribution is 2.46. The first kappa shape index (κ1) is 25.4. The summed E-state index contributed by atoms with van der Waals surface area (Å²) in [5, 5.41) is 6.93. The van der Waals surface area contributed by atoms with Crippen LogP contribution in [0.3, 0.4) is 0 Å². The predicted molar refractivity (Wildman–Crippen MR) is 154 cm³/mol. The lowest BCUT2D eigenvalue weighted by Gasteiger charge is -2.19. The first-order valence-electron chi connectivity index (χ1n) is 12.4. The van der Waals surface area contributed by atoms with Gasteiger partial charge < -0.3 is 16.0 Å². The third-order valence-corrected chi connectivity index (χ3v) is 9.63. The molecule has 2 aromatic carbocycles. The highest BCUT2D eigenvalue weighted by atomic mass is 32.1. The molecule has 0 aliphatic rings. The van der Waals surface area contributed by atoms with Gasteiger partial charge in [-0.1, -0.05) is 45.9 Å². The van der Waals surface area contributed by atoms with E-state index < -0.39 is 0 Å². The van der Waals surface area contributed by atoms with Crippen LogP contribution >= 0.6 is 19.5 Å². The van der Waals surface area contributed by atoms with Crippen molar-refractivity contribution in [3.05, 3.63) is 63.0 Å². The molecule has 4 aromatic rings. The van der Waals surface area contributed by atoms with Gasteiger partial charge >= 0.3 is 0 Å². The van der Waals surface area contributed by atoms with Crippen molar-refractivity contribution in [2.75, 3.05) is 31.5 Å². The first-order valence-corrected chi connectivity index (χ1v) is 14.2. The number of rotatable bonds is 10. The molecular weight excluding hydrogens is 473 g/mol. The van der Waals surface area contributed by atoms with Crippen LogP contribution in [0.2, 0.25) is 0 Å². The average molecular weight is 508 g/mol. The van der Waals surface area contributed by atoms with Crippen LogP contribution in [0.15, 0.2) is 41.2 Å². The van der Waals surface area contributed by atoms with Crippen molar-refractivity contribution in [2.45, 2.75) is 40.5 Å². The SMILES string of the molecule is CCc1c(C(N)=O)[pH]c(-c2ccc(NCCN(CC)CC)c3c(=O)c4ccccc4sc23)c1CC. The minimum Gasteiger partial charge on any atom is -0.383 e.